The Kier molecular flexibility index (Phi) is 5.44. The van der Waals surface area contributed by atoms with E-state index in [0.717, 1.165) is 0 Å². The van der Waals surface area contributed by atoms with Gasteiger partial charge < -0.3 is 11.1 Å². The van der Waals surface area contributed by atoms with E-state index in [-0.39, 0.29) is 30.0 Å². The number of nitro groups is 1. The van der Waals surface area contributed by atoms with Crippen LogP contribution in [0.4, 0.5) is 11.4 Å². The largest absolute Gasteiger partial charge is 0.327 e. The number of hydrogen-bond acceptors (Lipinski definition) is 4. The highest BCUT2D eigenvalue weighted by Gasteiger charge is 2.15. The summed E-state index contributed by atoms with van der Waals surface area (Å²) in [6.45, 7) is 3.86. The molecule has 0 saturated heterocycles. The normalized spacial score (nSPS) is 12.3. The lowest BCUT2D eigenvalue weighted by atomic mass is 10.0. The molecule has 6 nitrogen and oxygen atoms in total. The molecule has 0 aliphatic carbocycles. The minimum atomic E-state index is -0.512. The Morgan fingerprint density at radius 2 is 2.16 bits per heavy atom. The topological polar surface area (TPSA) is 98.3 Å². The van der Waals surface area contributed by atoms with Crippen LogP contribution in [0.1, 0.15) is 20.3 Å². The van der Waals surface area contributed by atoms with Gasteiger partial charge >= 0.3 is 0 Å². The molecule has 3 N–H and O–H groups in total. The molecule has 1 unspecified atom stereocenters. The summed E-state index contributed by atoms with van der Waals surface area (Å²) >= 11 is 3.23. The average Bonchev–Trinajstić information content (AvgIpc) is 2.31. The number of non-ortho nitro benzene ring substituents is 1. The Bertz CT molecular complexity index is 491. The number of carbonyl (C=O) groups excluding carboxylic acids is 1. The lowest BCUT2D eigenvalue weighted by Crippen LogP contribution is -2.31. The zero-order valence-electron chi connectivity index (χ0n) is 10.7. The van der Waals surface area contributed by atoms with Crippen molar-refractivity contribution >= 4 is 33.2 Å². The standard InChI is InChI=1S/C12H16BrN3O3/c1-7(2)10(14)6-12(17)15-11-5-8(16(18)19)3-4-9(11)13/h3-5,7,10H,6,14H2,1-2H3,(H,15,17). The molecule has 0 fully saturated rings. The van der Waals surface area contributed by atoms with Gasteiger partial charge in [0.05, 0.1) is 10.6 Å². The summed E-state index contributed by atoms with van der Waals surface area (Å²) in [4.78, 5) is 21.9. The molecular formula is C12H16BrN3O3. The summed E-state index contributed by atoms with van der Waals surface area (Å²) in [5.74, 6) is -0.0679. The molecule has 0 radical (unpaired) electrons. The Hall–Kier alpha value is -1.47. The maximum Gasteiger partial charge on any atom is 0.271 e. The predicted octanol–water partition coefficient (Wildman–Crippen LogP) is 2.67. The Balaban J connectivity index is 2.79. The molecule has 0 aliphatic heterocycles. The number of carbonyl (C=O) groups is 1. The Morgan fingerprint density at radius 1 is 1.53 bits per heavy atom. The van der Waals surface area contributed by atoms with Gasteiger partial charge in [-0.05, 0) is 27.9 Å². The average molecular weight is 330 g/mol. The van der Waals surface area contributed by atoms with Crippen LogP contribution in [0.5, 0.6) is 0 Å². The summed E-state index contributed by atoms with van der Waals surface area (Å²) in [6, 6.07) is 3.95. The monoisotopic (exact) mass is 329 g/mol. The lowest BCUT2D eigenvalue weighted by Gasteiger charge is -2.15. The fraction of sp³-hybridized carbons (Fsp3) is 0.417. The maximum absolute atomic E-state index is 11.8. The Morgan fingerprint density at radius 3 is 2.68 bits per heavy atom. The number of rotatable bonds is 5. The highest BCUT2D eigenvalue weighted by atomic mass is 79.9. The van der Waals surface area contributed by atoms with E-state index >= 15 is 0 Å². The summed E-state index contributed by atoms with van der Waals surface area (Å²) in [5, 5.41) is 13.3. The number of halogens is 1. The van der Waals surface area contributed by atoms with Crippen molar-refractivity contribution in [3.63, 3.8) is 0 Å². The van der Waals surface area contributed by atoms with Crippen LogP contribution in [-0.4, -0.2) is 16.9 Å². The first-order chi connectivity index (χ1) is 8.81. The van der Waals surface area contributed by atoms with Crippen LogP contribution in [0.2, 0.25) is 0 Å². The first-order valence-corrected chi connectivity index (χ1v) is 6.60. The summed E-state index contributed by atoms with van der Waals surface area (Å²) < 4.78 is 0.588. The third-order valence-corrected chi connectivity index (χ3v) is 3.40. The van der Waals surface area contributed by atoms with E-state index in [4.69, 9.17) is 5.73 Å². The van der Waals surface area contributed by atoms with E-state index in [1.165, 1.54) is 18.2 Å². The number of nitro benzene ring substituents is 1. The molecule has 19 heavy (non-hydrogen) atoms. The van der Waals surface area contributed by atoms with E-state index < -0.39 is 4.92 Å². The van der Waals surface area contributed by atoms with Gasteiger partial charge in [-0.3, -0.25) is 14.9 Å². The van der Waals surface area contributed by atoms with Gasteiger partial charge in [-0.2, -0.15) is 0 Å². The van der Waals surface area contributed by atoms with Crippen molar-refractivity contribution in [3.8, 4) is 0 Å². The zero-order valence-corrected chi connectivity index (χ0v) is 12.3. The van der Waals surface area contributed by atoms with Crippen molar-refractivity contribution in [2.75, 3.05) is 5.32 Å². The van der Waals surface area contributed by atoms with E-state index in [1.807, 2.05) is 13.8 Å². The highest BCUT2D eigenvalue weighted by Crippen LogP contribution is 2.27. The van der Waals surface area contributed by atoms with Crippen LogP contribution in [-0.2, 0) is 4.79 Å². The molecule has 104 valence electrons. The maximum atomic E-state index is 11.8. The van der Waals surface area contributed by atoms with E-state index in [1.54, 1.807) is 0 Å². The molecule has 7 heteroatoms. The molecule has 0 bridgehead atoms. The first-order valence-electron chi connectivity index (χ1n) is 5.80. The van der Waals surface area contributed by atoms with Gasteiger partial charge in [0.15, 0.2) is 0 Å². The summed E-state index contributed by atoms with van der Waals surface area (Å²) in [7, 11) is 0. The summed E-state index contributed by atoms with van der Waals surface area (Å²) in [6.07, 6.45) is 0.173. The molecule has 1 rings (SSSR count). The summed E-state index contributed by atoms with van der Waals surface area (Å²) in [5.41, 5.74) is 6.10. The van der Waals surface area contributed by atoms with E-state index in [0.29, 0.717) is 10.2 Å². The molecule has 0 aliphatic rings. The second kappa shape index (κ2) is 6.63. The minimum absolute atomic E-state index is 0.0772. The van der Waals surface area contributed by atoms with Gasteiger partial charge in [0.25, 0.3) is 5.69 Å². The van der Waals surface area contributed by atoms with Crippen LogP contribution in [0.15, 0.2) is 22.7 Å². The third-order valence-electron chi connectivity index (χ3n) is 2.71. The van der Waals surface area contributed by atoms with Crippen molar-refractivity contribution < 1.29 is 9.72 Å². The molecule has 1 atom stereocenters. The number of benzene rings is 1. The smallest absolute Gasteiger partial charge is 0.271 e. The molecule has 0 saturated carbocycles. The quantitative estimate of drug-likeness (QED) is 0.640. The van der Waals surface area contributed by atoms with Crippen molar-refractivity contribution in [1.82, 2.24) is 0 Å². The Labute approximate surface area is 119 Å². The van der Waals surface area contributed by atoms with Gasteiger partial charge in [0.2, 0.25) is 5.91 Å². The fourth-order valence-corrected chi connectivity index (χ4v) is 1.72. The molecule has 1 aromatic rings. The number of anilines is 1. The number of hydrogen-bond donors (Lipinski definition) is 2. The minimum Gasteiger partial charge on any atom is -0.327 e. The highest BCUT2D eigenvalue weighted by molar-refractivity contribution is 9.10. The molecule has 1 amide bonds. The second-order valence-corrected chi connectivity index (χ2v) is 5.44. The van der Waals surface area contributed by atoms with Crippen molar-refractivity contribution in [2.24, 2.45) is 11.7 Å². The van der Waals surface area contributed by atoms with Crippen molar-refractivity contribution in [3.05, 3.63) is 32.8 Å². The number of nitrogens with two attached hydrogens (primary N) is 1. The van der Waals surface area contributed by atoms with Crippen LogP contribution >= 0.6 is 15.9 Å². The predicted molar refractivity (Wildman–Crippen MR) is 76.9 cm³/mol. The lowest BCUT2D eigenvalue weighted by molar-refractivity contribution is -0.384. The van der Waals surface area contributed by atoms with E-state index in [9.17, 15) is 14.9 Å². The molecule has 0 heterocycles. The van der Waals surface area contributed by atoms with Crippen molar-refractivity contribution in [2.45, 2.75) is 26.3 Å². The molecular weight excluding hydrogens is 314 g/mol. The van der Waals surface area contributed by atoms with Gasteiger partial charge in [0.1, 0.15) is 0 Å². The van der Waals surface area contributed by atoms with Gasteiger partial charge in [-0.1, -0.05) is 13.8 Å². The number of nitrogens with one attached hydrogen (secondary N) is 1. The first kappa shape index (κ1) is 15.6. The number of amides is 1. The van der Waals surface area contributed by atoms with Crippen LogP contribution in [0.25, 0.3) is 0 Å². The molecule has 0 spiro atoms. The van der Waals surface area contributed by atoms with Gasteiger partial charge in [-0.25, -0.2) is 0 Å². The van der Waals surface area contributed by atoms with Crippen LogP contribution < -0.4 is 11.1 Å². The van der Waals surface area contributed by atoms with E-state index in [2.05, 4.69) is 21.2 Å². The van der Waals surface area contributed by atoms with Gasteiger partial charge in [-0.15, -0.1) is 0 Å². The van der Waals surface area contributed by atoms with Gasteiger partial charge in [0, 0.05) is 29.1 Å². The van der Waals surface area contributed by atoms with Crippen LogP contribution in [0, 0.1) is 16.0 Å². The number of nitrogens with zero attached hydrogens (tertiary/aromatic N) is 1. The SMILES string of the molecule is CC(C)C(N)CC(=O)Nc1cc([N+](=O)[O-])ccc1Br. The second-order valence-electron chi connectivity index (χ2n) is 4.58. The molecule has 0 aromatic heterocycles. The van der Waals surface area contributed by atoms with Crippen molar-refractivity contribution in [1.29, 1.82) is 0 Å². The molecule has 1 aromatic carbocycles. The zero-order chi connectivity index (χ0) is 14.6. The fourth-order valence-electron chi connectivity index (χ4n) is 1.37. The third kappa shape index (κ3) is 4.60. The van der Waals surface area contributed by atoms with Crippen LogP contribution in [0.3, 0.4) is 0 Å².